The van der Waals surface area contributed by atoms with Crippen molar-refractivity contribution >= 4 is 0 Å². The smallest absolute Gasteiger partial charge is 0.119 e. The first kappa shape index (κ1) is 14.3. The van der Waals surface area contributed by atoms with Gasteiger partial charge in [0.2, 0.25) is 0 Å². The third-order valence-electron chi connectivity index (χ3n) is 3.18. The van der Waals surface area contributed by atoms with Gasteiger partial charge in [0, 0.05) is 6.61 Å². The number of ether oxygens (including phenoxy) is 3. The molecule has 2 rings (SSSR count). The highest BCUT2D eigenvalue weighted by Crippen LogP contribution is 2.13. The summed E-state index contributed by atoms with van der Waals surface area (Å²) in [6, 6.07) is 8.06. The molecule has 1 aliphatic rings. The average molecular weight is 265 g/mol. The van der Waals surface area contributed by atoms with Gasteiger partial charge in [-0.2, -0.15) is 0 Å². The second-order valence-electron chi connectivity index (χ2n) is 4.74. The fourth-order valence-corrected chi connectivity index (χ4v) is 2.13. The zero-order chi connectivity index (χ0) is 13.3. The maximum Gasteiger partial charge on any atom is 0.119 e. The highest BCUT2D eigenvalue weighted by atomic mass is 16.5. The Labute approximate surface area is 114 Å². The molecular formula is C15H23NO3. The molecule has 1 unspecified atom stereocenters. The summed E-state index contributed by atoms with van der Waals surface area (Å²) >= 11 is 0. The Bertz CT molecular complexity index is 347. The zero-order valence-corrected chi connectivity index (χ0v) is 11.3. The van der Waals surface area contributed by atoms with Gasteiger partial charge < -0.3 is 19.9 Å². The summed E-state index contributed by atoms with van der Waals surface area (Å²) < 4.78 is 16.6. The van der Waals surface area contributed by atoms with E-state index < -0.39 is 0 Å². The Balaban J connectivity index is 1.57. The highest BCUT2D eigenvalue weighted by molar-refractivity contribution is 5.27. The van der Waals surface area contributed by atoms with Crippen molar-refractivity contribution in [2.24, 2.45) is 5.73 Å². The van der Waals surface area contributed by atoms with E-state index in [0.29, 0.717) is 26.4 Å². The van der Waals surface area contributed by atoms with E-state index in [4.69, 9.17) is 19.9 Å². The lowest BCUT2D eigenvalue weighted by atomic mass is 10.1. The van der Waals surface area contributed by atoms with E-state index in [1.54, 1.807) is 0 Å². The fraction of sp³-hybridized carbons (Fsp3) is 0.600. The van der Waals surface area contributed by atoms with E-state index in [1.807, 2.05) is 12.1 Å². The van der Waals surface area contributed by atoms with Crippen molar-refractivity contribution in [2.75, 3.05) is 33.0 Å². The molecule has 0 bridgehead atoms. The van der Waals surface area contributed by atoms with Crippen molar-refractivity contribution in [3.63, 3.8) is 0 Å². The number of rotatable bonds is 8. The Morgan fingerprint density at radius 3 is 2.74 bits per heavy atom. The summed E-state index contributed by atoms with van der Waals surface area (Å²) in [5, 5.41) is 0. The van der Waals surface area contributed by atoms with E-state index >= 15 is 0 Å². The lowest BCUT2D eigenvalue weighted by Gasteiger charge is -2.11. The van der Waals surface area contributed by atoms with E-state index in [2.05, 4.69) is 12.1 Å². The Morgan fingerprint density at radius 2 is 2.05 bits per heavy atom. The maximum absolute atomic E-state index is 5.61. The molecule has 1 aliphatic heterocycles. The highest BCUT2D eigenvalue weighted by Gasteiger charge is 2.14. The molecular weight excluding hydrogens is 242 g/mol. The molecule has 1 aromatic carbocycles. The molecule has 19 heavy (non-hydrogen) atoms. The minimum absolute atomic E-state index is 0.288. The van der Waals surface area contributed by atoms with Crippen molar-refractivity contribution in [3.05, 3.63) is 29.8 Å². The molecule has 4 nitrogen and oxygen atoms in total. The van der Waals surface area contributed by atoms with Crippen LogP contribution in [-0.4, -0.2) is 39.1 Å². The van der Waals surface area contributed by atoms with Gasteiger partial charge in [-0.3, -0.25) is 0 Å². The number of hydrogen-bond acceptors (Lipinski definition) is 4. The number of hydrogen-bond donors (Lipinski definition) is 1. The molecule has 0 amide bonds. The van der Waals surface area contributed by atoms with Gasteiger partial charge in [0.25, 0.3) is 0 Å². The van der Waals surface area contributed by atoms with E-state index in [0.717, 1.165) is 31.6 Å². The molecule has 4 heteroatoms. The van der Waals surface area contributed by atoms with Crippen molar-refractivity contribution in [1.82, 2.24) is 0 Å². The van der Waals surface area contributed by atoms with Crippen LogP contribution in [-0.2, 0) is 15.9 Å². The van der Waals surface area contributed by atoms with Crippen LogP contribution in [0.2, 0.25) is 0 Å². The summed E-state index contributed by atoms with van der Waals surface area (Å²) in [5.74, 6) is 0.876. The molecule has 2 N–H and O–H groups in total. The third kappa shape index (κ3) is 5.19. The fourth-order valence-electron chi connectivity index (χ4n) is 2.13. The predicted molar refractivity (Wildman–Crippen MR) is 74.5 cm³/mol. The van der Waals surface area contributed by atoms with Gasteiger partial charge in [-0.15, -0.1) is 0 Å². The van der Waals surface area contributed by atoms with Crippen molar-refractivity contribution in [1.29, 1.82) is 0 Å². The quantitative estimate of drug-likeness (QED) is 0.728. The van der Waals surface area contributed by atoms with Crippen LogP contribution in [0.15, 0.2) is 24.3 Å². The summed E-state index contributed by atoms with van der Waals surface area (Å²) in [6.07, 6.45) is 3.46. The van der Waals surface area contributed by atoms with Crippen LogP contribution >= 0.6 is 0 Å². The Morgan fingerprint density at radius 1 is 1.21 bits per heavy atom. The summed E-state index contributed by atoms with van der Waals surface area (Å²) in [5.41, 5.74) is 6.75. The van der Waals surface area contributed by atoms with Crippen LogP contribution in [0.5, 0.6) is 5.75 Å². The van der Waals surface area contributed by atoms with Crippen LogP contribution in [0, 0.1) is 0 Å². The molecule has 1 atom stereocenters. The summed E-state index contributed by atoms with van der Waals surface area (Å²) in [7, 11) is 0. The van der Waals surface area contributed by atoms with Crippen LogP contribution in [0.4, 0.5) is 0 Å². The lowest BCUT2D eigenvalue weighted by Crippen LogP contribution is -2.17. The standard InChI is InChI=1S/C15H23NO3/c16-8-7-13-3-5-14(6-4-13)19-11-10-17-12-15-2-1-9-18-15/h3-6,15H,1-2,7-12,16H2. The average Bonchev–Trinajstić information content (AvgIpc) is 2.94. The molecule has 1 fully saturated rings. The first-order chi connectivity index (χ1) is 9.38. The minimum atomic E-state index is 0.288. The second-order valence-corrected chi connectivity index (χ2v) is 4.74. The topological polar surface area (TPSA) is 53.7 Å². The van der Waals surface area contributed by atoms with E-state index in [9.17, 15) is 0 Å². The minimum Gasteiger partial charge on any atom is -0.491 e. The number of benzene rings is 1. The predicted octanol–water partition coefficient (Wildman–Crippen LogP) is 1.76. The molecule has 0 spiro atoms. The summed E-state index contributed by atoms with van der Waals surface area (Å²) in [4.78, 5) is 0. The Hall–Kier alpha value is -1.10. The van der Waals surface area contributed by atoms with Crippen molar-refractivity contribution in [3.8, 4) is 5.75 Å². The third-order valence-corrected chi connectivity index (χ3v) is 3.18. The van der Waals surface area contributed by atoms with E-state index in [1.165, 1.54) is 5.56 Å². The van der Waals surface area contributed by atoms with Crippen molar-refractivity contribution < 1.29 is 14.2 Å². The molecule has 0 aromatic heterocycles. The van der Waals surface area contributed by atoms with Gasteiger partial charge in [0.1, 0.15) is 12.4 Å². The summed E-state index contributed by atoms with van der Waals surface area (Å²) in [6.45, 7) is 3.41. The molecule has 0 radical (unpaired) electrons. The normalized spacial score (nSPS) is 18.7. The largest absolute Gasteiger partial charge is 0.491 e. The lowest BCUT2D eigenvalue weighted by molar-refractivity contribution is 0.00853. The van der Waals surface area contributed by atoms with Crippen molar-refractivity contribution in [2.45, 2.75) is 25.4 Å². The molecule has 0 aliphatic carbocycles. The monoisotopic (exact) mass is 265 g/mol. The molecule has 0 saturated carbocycles. The van der Waals surface area contributed by atoms with Gasteiger partial charge in [-0.05, 0) is 43.5 Å². The second kappa shape index (κ2) is 8.15. The molecule has 1 heterocycles. The van der Waals surface area contributed by atoms with Gasteiger partial charge in [0.15, 0.2) is 0 Å². The van der Waals surface area contributed by atoms with E-state index in [-0.39, 0.29) is 6.10 Å². The van der Waals surface area contributed by atoms with Gasteiger partial charge in [-0.25, -0.2) is 0 Å². The van der Waals surface area contributed by atoms with Crippen LogP contribution in [0.1, 0.15) is 18.4 Å². The zero-order valence-electron chi connectivity index (χ0n) is 11.3. The first-order valence-corrected chi connectivity index (χ1v) is 6.99. The SMILES string of the molecule is NCCc1ccc(OCCOCC2CCCO2)cc1. The Kier molecular flexibility index (Phi) is 6.14. The maximum atomic E-state index is 5.61. The molecule has 1 aromatic rings. The van der Waals surface area contributed by atoms with Gasteiger partial charge >= 0.3 is 0 Å². The van der Waals surface area contributed by atoms with Gasteiger partial charge in [0.05, 0.1) is 19.3 Å². The van der Waals surface area contributed by atoms with Crippen LogP contribution in [0.3, 0.4) is 0 Å². The first-order valence-electron chi connectivity index (χ1n) is 6.99. The number of nitrogens with two attached hydrogens (primary N) is 1. The van der Waals surface area contributed by atoms with Crippen LogP contribution < -0.4 is 10.5 Å². The van der Waals surface area contributed by atoms with Crippen LogP contribution in [0.25, 0.3) is 0 Å². The molecule has 106 valence electrons. The van der Waals surface area contributed by atoms with Gasteiger partial charge in [-0.1, -0.05) is 12.1 Å². The molecule has 1 saturated heterocycles.